The molecule has 1 aliphatic carbocycles. The summed E-state index contributed by atoms with van der Waals surface area (Å²) >= 11 is 0. The van der Waals surface area contributed by atoms with Crippen LogP contribution in [0.2, 0.25) is 0 Å². The molecular formula is C32H34N4O7. The molecule has 0 bridgehead atoms. The van der Waals surface area contributed by atoms with E-state index >= 15 is 0 Å². The first kappa shape index (κ1) is 29.6. The first-order valence-corrected chi connectivity index (χ1v) is 13.8. The molecule has 0 amide bonds. The number of hydrogen-bond donors (Lipinski definition) is 1. The van der Waals surface area contributed by atoms with Crippen molar-refractivity contribution in [3.8, 4) is 34.1 Å². The number of fused-ring (bicyclic) bond motifs is 3. The van der Waals surface area contributed by atoms with E-state index in [1.165, 1.54) is 7.11 Å². The third-order valence-electron chi connectivity index (χ3n) is 7.53. The van der Waals surface area contributed by atoms with Crippen molar-refractivity contribution in [2.24, 2.45) is 5.73 Å². The summed E-state index contributed by atoms with van der Waals surface area (Å²) < 4.78 is 29.6. The molecular weight excluding hydrogens is 552 g/mol. The standard InChI is InChI=1S/C32H34N4O7/c1-39-27-13-11-22-23(16-26(27)37)25(12-10-20-15-28(40-2)30(41-3)31(42-4)29(20)22)36-17-21(34-35-36)18-43-32(38)24(33)14-19-8-6-5-7-9-19/h5-9,11,13,15-17,24-25H,10,12,14,18,33H2,1-4H3/t24-,25-/m0/s1. The van der Waals surface area contributed by atoms with Gasteiger partial charge in [0.05, 0.1) is 40.7 Å². The van der Waals surface area contributed by atoms with Crippen LogP contribution < -0.4 is 30.1 Å². The maximum atomic E-state index is 13.2. The lowest BCUT2D eigenvalue weighted by Gasteiger charge is -2.19. The number of aryl methyl sites for hydroxylation is 1. The van der Waals surface area contributed by atoms with E-state index in [0.29, 0.717) is 47.8 Å². The number of carbonyl (C=O) groups is 1. The van der Waals surface area contributed by atoms with Crippen LogP contribution in [0.4, 0.5) is 0 Å². The number of aromatic nitrogens is 3. The van der Waals surface area contributed by atoms with Crippen LogP contribution in [-0.2, 0) is 29.0 Å². The summed E-state index contributed by atoms with van der Waals surface area (Å²) in [4.78, 5) is 25.7. The monoisotopic (exact) mass is 586 g/mol. The number of carbonyl (C=O) groups excluding carboxylic acids is 1. The highest BCUT2D eigenvalue weighted by molar-refractivity contribution is 5.82. The lowest BCUT2D eigenvalue weighted by molar-refractivity contribution is -0.146. The van der Waals surface area contributed by atoms with E-state index in [9.17, 15) is 9.59 Å². The van der Waals surface area contributed by atoms with Crippen molar-refractivity contribution >= 4 is 5.97 Å². The molecule has 3 aromatic carbocycles. The van der Waals surface area contributed by atoms with Gasteiger partial charge in [0.25, 0.3) is 0 Å². The molecule has 43 heavy (non-hydrogen) atoms. The summed E-state index contributed by atoms with van der Waals surface area (Å²) in [5.41, 5.74) is 10.4. The van der Waals surface area contributed by atoms with Crippen molar-refractivity contribution in [1.29, 1.82) is 0 Å². The molecule has 0 aliphatic heterocycles. The Morgan fingerprint density at radius 1 is 0.977 bits per heavy atom. The van der Waals surface area contributed by atoms with E-state index in [4.69, 9.17) is 29.4 Å². The normalized spacial score (nSPS) is 14.5. The van der Waals surface area contributed by atoms with E-state index < -0.39 is 12.0 Å². The second kappa shape index (κ2) is 13.0. The lowest BCUT2D eigenvalue weighted by Crippen LogP contribution is -2.34. The first-order chi connectivity index (χ1) is 20.9. The summed E-state index contributed by atoms with van der Waals surface area (Å²) in [5.74, 6) is 1.15. The second-order valence-corrected chi connectivity index (χ2v) is 10.1. The number of methoxy groups -OCH3 is 4. The molecule has 0 saturated carbocycles. The molecule has 2 N–H and O–H groups in total. The predicted molar refractivity (Wildman–Crippen MR) is 159 cm³/mol. The summed E-state index contributed by atoms with van der Waals surface area (Å²) in [6.07, 6.45) is 3.27. The molecule has 1 aliphatic rings. The van der Waals surface area contributed by atoms with Crippen molar-refractivity contribution < 1.29 is 28.5 Å². The Hall–Kier alpha value is -4.90. The summed E-state index contributed by atoms with van der Waals surface area (Å²) in [7, 11) is 6.15. The number of esters is 1. The van der Waals surface area contributed by atoms with Crippen LogP contribution in [0, 0.1) is 0 Å². The van der Waals surface area contributed by atoms with Crippen molar-refractivity contribution in [1.82, 2.24) is 15.0 Å². The van der Waals surface area contributed by atoms with Gasteiger partial charge in [-0.25, -0.2) is 4.68 Å². The van der Waals surface area contributed by atoms with E-state index in [1.807, 2.05) is 42.5 Å². The van der Waals surface area contributed by atoms with Crippen LogP contribution in [0.15, 0.2) is 65.6 Å². The highest BCUT2D eigenvalue weighted by Crippen LogP contribution is 2.50. The smallest absolute Gasteiger partial charge is 0.323 e. The van der Waals surface area contributed by atoms with E-state index in [-0.39, 0.29) is 23.8 Å². The molecule has 0 spiro atoms. The Labute approximate surface area is 249 Å². The van der Waals surface area contributed by atoms with Crippen LogP contribution in [0.3, 0.4) is 0 Å². The number of hydrogen-bond acceptors (Lipinski definition) is 10. The van der Waals surface area contributed by atoms with E-state index in [2.05, 4.69) is 10.3 Å². The highest BCUT2D eigenvalue weighted by atomic mass is 16.5. The van der Waals surface area contributed by atoms with Crippen LogP contribution in [0.1, 0.15) is 34.8 Å². The fraction of sp³-hybridized carbons (Fsp3) is 0.312. The molecule has 11 heteroatoms. The number of rotatable bonds is 10. The van der Waals surface area contributed by atoms with Crippen molar-refractivity contribution in [2.45, 2.75) is 38.0 Å². The molecule has 11 nitrogen and oxygen atoms in total. The van der Waals surface area contributed by atoms with Crippen LogP contribution >= 0.6 is 0 Å². The molecule has 1 aromatic heterocycles. The molecule has 4 aromatic rings. The van der Waals surface area contributed by atoms with Gasteiger partial charge in [0.15, 0.2) is 17.2 Å². The third-order valence-corrected chi connectivity index (χ3v) is 7.53. The van der Waals surface area contributed by atoms with Crippen molar-refractivity contribution in [3.05, 3.63) is 93.4 Å². The number of nitrogens with two attached hydrogens (primary N) is 1. The molecule has 224 valence electrons. The van der Waals surface area contributed by atoms with Gasteiger partial charge in [-0.3, -0.25) is 9.59 Å². The van der Waals surface area contributed by atoms with Crippen molar-refractivity contribution in [3.63, 3.8) is 0 Å². The lowest BCUT2D eigenvalue weighted by atomic mass is 9.95. The Morgan fingerprint density at radius 3 is 2.42 bits per heavy atom. The Balaban J connectivity index is 1.48. The van der Waals surface area contributed by atoms with Crippen LogP contribution in [0.25, 0.3) is 11.1 Å². The van der Waals surface area contributed by atoms with Gasteiger partial charge in [0.1, 0.15) is 18.3 Å². The molecule has 1 heterocycles. The molecule has 0 fully saturated rings. The van der Waals surface area contributed by atoms with Crippen molar-refractivity contribution in [2.75, 3.05) is 28.4 Å². The molecule has 0 saturated heterocycles. The fourth-order valence-electron chi connectivity index (χ4n) is 5.46. The van der Waals surface area contributed by atoms with Gasteiger partial charge >= 0.3 is 5.97 Å². The minimum absolute atomic E-state index is 0.0907. The largest absolute Gasteiger partial charge is 0.493 e. The van der Waals surface area contributed by atoms with Gasteiger partial charge in [-0.15, -0.1) is 5.10 Å². The second-order valence-electron chi connectivity index (χ2n) is 10.1. The van der Waals surface area contributed by atoms with E-state index in [1.54, 1.807) is 44.3 Å². The zero-order chi connectivity index (χ0) is 30.5. The number of nitrogens with zero attached hydrogens (tertiary/aromatic N) is 3. The Morgan fingerprint density at radius 2 is 1.72 bits per heavy atom. The molecule has 0 unspecified atom stereocenters. The molecule has 5 rings (SSSR count). The van der Waals surface area contributed by atoms with Gasteiger partial charge in [0, 0.05) is 5.56 Å². The quantitative estimate of drug-likeness (QED) is 0.275. The third kappa shape index (κ3) is 6.02. The maximum absolute atomic E-state index is 13.2. The van der Waals surface area contributed by atoms with Gasteiger partial charge in [-0.1, -0.05) is 41.6 Å². The fourth-order valence-corrected chi connectivity index (χ4v) is 5.46. The summed E-state index contributed by atoms with van der Waals surface area (Å²) in [6, 6.07) is 15.3. The van der Waals surface area contributed by atoms with Crippen LogP contribution in [0.5, 0.6) is 23.0 Å². The zero-order valence-corrected chi connectivity index (χ0v) is 24.5. The minimum Gasteiger partial charge on any atom is -0.493 e. The maximum Gasteiger partial charge on any atom is 0.323 e. The summed E-state index contributed by atoms with van der Waals surface area (Å²) in [6.45, 7) is -0.0907. The first-order valence-electron chi connectivity index (χ1n) is 13.8. The summed E-state index contributed by atoms with van der Waals surface area (Å²) in [5, 5.41) is 8.61. The topological polar surface area (TPSA) is 137 Å². The molecule has 2 atom stereocenters. The average Bonchev–Trinajstić information content (AvgIpc) is 3.36. The number of benzene rings is 2. The molecule has 0 radical (unpaired) electrons. The number of ether oxygens (including phenoxy) is 5. The SMILES string of the molecule is COc1cc2c(c(OC)c1OC)-c1ccc(OC)c(=O)cc1[C@@H](n1cc(COC(=O)[C@@H](N)Cc3ccccc3)nn1)CC2. The average molecular weight is 587 g/mol. The van der Waals surface area contributed by atoms with Crippen LogP contribution in [-0.4, -0.2) is 55.4 Å². The van der Waals surface area contributed by atoms with Gasteiger partial charge in [-0.05, 0) is 59.7 Å². The predicted octanol–water partition coefficient (Wildman–Crippen LogP) is 3.49. The van der Waals surface area contributed by atoms with E-state index in [0.717, 1.165) is 22.3 Å². The van der Waals surface area contributed by atoms with Gasteiger partial charge in [0.2, 0.25) is 11.2 Å². The zero-order valence-electron chi connectivity index (χ0n) is 24.5. The van der Waals surface area contributed by atoms with Gasteiger partial charge in [-0.2, -0.15) is 0 Å². The highest BCUT2D eigenvalue weighted by Gasteiger charge is 2.30. The Bertz CT molecular complexity index is 1670. The minimum atomic E-state index is -0.806. The Kier molecular flexibility index (Phi) is 8.91. The van der Waals surface area contributed by atoms with Gasteiger partial charge < -0.3 is 29.4 Å².